The summed E-state index contributed by atoms with van der Waals surface area (Å²) in [6, 6.07) is 0. The van der Waals surface area contributed by atoms with Crippen LogP contribution in [0.15, 0.2) is 11.3 Å². The first kappa shape index (κ1) is 20.1. The second kappa shape index (κ2) is 10.00. The molecular weight excluding hydrogens is 330 g/mol. The third-order valence-corrected chi connectivity index (χ3v) is 3.04. The lowest BCUT2D eigenvalue weighted by atomic mass is 10.4. The number of imidazole rings is 1. The second-order valence-electron chi connectivity index (χ2n) is 4.98. The number of hydrogen-bond acceptors (Lipinski definition) is 7. The number of hydrogen-bond donors (Lipinski definition) is 5. The molecule has 1 aromatic rings. The van der Waals surface area contributed by atoms with Gasteiger partial charge >= 0.3 is 0 Å². The molecule has 0 saturated heterocycles. The van der Waals surface area contributed by atoms with E-state index in [0.29, 0.717) is 19.4 Å². The van der Waals surface area contributed by atoms with Crippen LogP contribution in [0.1, 0.15) is 10.5 Å². The van der Waals surface area contributed by atoms with E-state index in [4.69, 9.17) is 22.9 Å². The molecule has 12 nitrogen and oxygen atoms in total. The van der Waals surface area contributed by atoms with E-state index < -0.39 is 5.91 Å². The Morgan fingerprint density at radius 2 is 2.04 bits per heavy atom. The van der Waals surface area contributed by atoms with Crippen LogP contribution < -0.4 is 28.3 Å². The molecule has 138 valence electrons. The summed E-state index contributed by atoms with van der Waals surface area (Å²) in [5, 5.41) is 2.57. The predicted octanol–water partition coefficient (Wildman–Crippen LogP) is -3.54. The smallest absolute Gasteiger partial charge is 0.243 e. The Hall–Kier alpha value is -2.99. The molecule has 2 amide bonds. The van der Waals surface area contributed by atoms with Gasteiger partial charge in [-0.15, -0.1) is 0 Å². The summed E-state index contributed by atoms with van der Waals surface area (Å²) >= 11 is 0. The molecule has 0 saturated carbocycles. The highest BCUT2D eigenvalue weighted by molar-refractivity contribution is 5.87. The maximum atomic E-state index is 12.5. The normalized spacial score (nSPS) is 10.2. The van der Waals surface area contributed by atoms with Crippen molar-refractivity contribution in [1.82, 2.24) is 19.8 Å². The molecular formula is C13H23N9O3. The SMILES string of the molecule is NCCNC(=O)CN(CCN)C(=O)Cn1cnc(C=O)c1N=C(N)N. The summed E-state index contributed by atoms with van der Waals surface area (Å²) in [5.41, 5.74) is 21.4. The first-order valence-corrected chi connectivity index (χ1v) is 7.47. The highest BCUT2D eigenvalue weighted by Gasteiger charge is 2.19. The van der Waals surface area contributed by atoms with Gasteiger partial charge in [0.2, 0.25) is 11.8 Å². The third kappa shape index (κ3) is 6.19. The zero-order valence-electron chi connectivity index (χ0n) is 13.7. The molecule has 25 heavy (non-hydrogen) atoms. The van der Waals surface area contributed by atoms with Gasteiger partial charge in [0.1, 0.15) is 12.2 Å². The van der Waals surface area contributed by atoms with Crippen molar-refractivity contribution in [2.45, 2.75) is 6.54 Å². The van der Waals surface area contributed by atoms with Gasteiger partial charge in [-0.25, -0.2) is 4.98 Å². The number of nitrogens with two attached hydrogens (primary N) is 4. The summed E-state index contributed by atoms with van der Waals surface area (Å²) in [4.78, 5) is 44.2. The Balaban J connectivity index is 2.90. The van der Waals surface area contributed by atoms with Crippen molar-refractivity contribution in [3.8, 4) is 0 Å². The molecule has 12 heteroatoms. The van der Waals surface area contributed by atoms with E-state index in [2.05, 4.69) is 15.3 Å². The summed E-state index contributed by atoms with van der Waals surface area (Å²) in [6.07, 6.45) is 1.74. The molecule has 0 fully saturated rings. The number of aldehydes is 1. The summed E-state index contributed by atoms with van der Waals surface area (Å²) < 4.78 is 1.31. The van der Waals surface area contributed by atoms with Gasteiger partial charge < -0.3 is 37.7 Å². The lowest BCUT2D eigenvalue weighted by Gasteiger charge is -2.22. The molecule has 0 unspecified atom stereocenters. The largest absolute Gasteiger partial charge is 0.370 e. The summed E-state index contributed by atoms with van der Waals surface area (Å²) in [5.74, 6) is -0.980. The van der Waals surface area contributed by atoms with Crippen molar-refractivity contribution in [2.75, 3.05) is 32.7 Å². The average Bonchev–Trinajstić information content (AvgIpc) is 2.93. The van der Waals surface area contributed by atoms with Crippen LogP contribution in [0.4, 0.5) is 5.82 Å². The van der Waals surface area contributed by atoms with Gasteiger partial charge in [-0.2, -0.15) is 4.99 Å². The molecule has 0 atom stereocenters. The topological polar surface area (TPSA) is 201 Å². The molecule has 0 aliphatic heterocycles. The quantitative estimate of drug-likeness (QED) is 0.162. The number of guanidine groups is 1. The minimum Gasteiger partial charge on any atom is -0.370 e. The van der Waals surface area contributed by atoms with Crippen LogP contribution in [0.2, 0.25) is 0 Å². The van der Waals surface area contributed by atoms with E-state index in [9.17, 15) is 14.4 Å². The van der Waals surface area contributed by atoms with Crippen molar-refractivity contribution < 1.29 is 14.4 Å². The molecule has 0 aliphatic carbocycles. The highest BCUT2D eigenvalue weighted by atomic mass is 16.2. The van der Waals surface area contributed by atoms with Crippen LogP contribution in [0.5, 0.6) is 0 Å². The number of rotatable bonds is 10. The van der Waals surface area contributed by atoms with E-state index in [1.807, 2.05) is 0 Å². The number of amides is 2. The Bertz CT molecular complexity index is 637. The number of aromatic nitrogens is 2. The Morgan fingerprint density at radius 3 is 2.60 bits per heavy atom. The minimum absolute atomic E-state index is 0.00716. The van der Waals surface area contributed by atoms with Crippen LogP contribution in [-0.2, 0) is 16.1 Å². The van der Waals surface area contributed by atoms with Crippen molar-refractivity contribution in [3.63, 3.8) is 0 Å². The molecule has 0 aromatic carbocycles. The van der Waals surface area contributed by atoms with E-state index in [1.54, 1.807) is 0 Å². The summed E-state index contributed by atoms with van der Waals surface area (Å²) in [6.45, 7) is 0.590. The number of nitrogens with zero attached hydrogens (tertiary/aromatic N) is 4. The zero-order chi connectivity index (χ0) is 18.8. The maximum absolute atomic E-state index is 12.5. The number of nitrogens with one attached hydrogen (secondary N) is 1. The lowest BCUT2D eigenvalue weighted by Crippen LogP contribution is -2.45. The fourth-order valence-corrected chi connectivity index (χ4v) is 1.97. The van der Waals surface area contributed by atoms with Crippen molar-refractivity contribution in [1.29, 1.82) is 0 Å². The molecule has 0 bridgehead atoms. The van der Waals surface area contributed by atoms with Crippen molar-refractivity contribution in [3.05, 3.63) is 12.0 Å². The average molecular weight is 353 g/mol. The van der Waals surface area contributed by atoms with Crippen LogP contribution in [0, 0.1) is 0 Å². The van der Waals surface area contributed by atoms with Crippen LogP contribution in [0.25, 0.3) is 0 Å². The molecule has 1 aromatic heterocycles. The molecule has 0 radical (unpaired) electrons. The van der Waals surface area contributed by atoms with Gasteiger partial charge in [0.25, 0.3) is 0 Å². The highest BCUT2D eigenvalue weighted by Crippen LogP contribution is 2.16. The standard InChI is InChI=1S/C13H23N9O3/c14-1-3-18-10(24)5-21(4-2-15)11(25)6-22-8-19-9(7-23)12(22)20-13(16)17/h7-8H,1-6,14-15H2,(H,18,24)(H4,16,17,20). The molecule has 9 N–H and O–H groups in total. The lowest BCUT2D eigenvalue weighted by molar-refractivity contribution is -0.136. The fourth-order valence-electron chi connectivity index (χ4n) is 1.97. The second-order valence-corrected chi connectivity index (χ2v) is 4.98. The van der Waals surface area contributed by atoms with E-state index in [1.165, 1.54) is 15.8 Å². The van der Waals surface area contributed by atoms with Crippen molar-refractivity contribution in [2.24, 2.45) is 27.9 Å². The van der Waals surface area contributed by atoms with E-state index in [-0.39, 0.29) is 49.6 Å². The monoisotopic (exact) mass is 353 g/mol. The number of aliphatic imine (C=N–C) groups is 1. The first-order valence-electron chi connectivity index (χ1n) is 7.47. The molecule has 0 aliphatic rings. The number of carbonyl (C=O) groups excluding carboxylic acids is 3. The Labute approximate surface area is 144 Å². The number of carbonyl (C=O) groups is 3. The molecule has 0 spiro atoms. The minimum atomic E-state index is -0.407. The zero-order valence-corrected chi connectivity index (χ0v) is 13.7. The fraction of sp³-hybridized carbons (Fsp3) is 0.462. The summed E-state index contributed by atoms with van der Waals surface area (Å²) in [7, 11) is 0. The Morgan fingerprint density at radius 1 is 1.32 bits per heavy atom. The van der Waals surface area contributed by atoms with Gasteiger partial charge in [-0.05, 0) is 0 Å². The van der Waals surface area contributed by atoms with Gasteiger partial charge in [0, 0.05) is 26.2 Å². The van der Waals surface area contributed by atoms with E-state index in [0.717, 1.165) is 0 Å². The van der Waals surface area contributed by atoms with Gasteiger partial charge in [-0.1, -0.05) is 0 Å². The predicted molar refractivity (Wildman–Crippen MR) is 90.8 cm³/mol. The van der Waals surface area contributed by atoms with Crippen molar-refractivity contribution >= 4 is 29.9 Å². The first-order chi connectivity index (χ1) is 11.9. The van der Waals surface area contributed by atoms with E-state index >= 15 is 0 Å². The Kier molecular flexibility index (Phi) is 8.02. The molecule has 1 heterocycles. The van der Waals surface area contributed by atoms with Crippen LogP contribution in [0.3, 0.4) is 0 Å². The third-order valence-electron chi connectivity index (χ3n) is 3.04. The van der Waals surface area contributed by atoms with Gasteiger partial charge in [-0.3, -0.25) is 14.4 Å². The maximum Gasteiger partial charge on any atom is 0.243 e. The van der Waals surface area contributed by atoms with Gasteiger partial charge in [0.05, 0.1) is 12.9 Å². The van der Waals surface area contributed by atoms with Gasteiger partial charge in [0.15, 0.2) is 18.1 Å². The van der Waals surface area contributed by atoms with Crippen LogP contribution >= 0.6 is 0 Å². The van der Waals surface area contributed by atoms with Crippen LogP contribution in [-0.4, -0.2) is 71.2 Å². The molecule has 1 rings (SSSR count).